The fraction of sp³-hybridized carbons (Fsp3) is 0.438. The van der Waals surface area contributed by atoms with Crippen LogP contribution in [0.2, 0.25) is 0 Å². The van der Waals surface area contributed by atoms with E-state index in [-0.39, 0.29) is 11.3 Å². The Bertz CT molecular complexity index is 1150. The summed E-state index contributed by atoms with van der Waals surface area (Å²) in [5.41, 5.74) is 3.60. The summed E-state index contributed by atoms with van der Waals surface area (Å²) in [6, 6.07) is 31.8. The molecule has 38 heavy (non-hydrogen) atoms. The van der Waals surface area contributed by atoms with E-state index in [4.69, 9.17) is 4.74 Å². The van der Waals surface area contributed by atoms with Crippen LogP contribution in [0.5, 0.6) is 0 Å². The smallest absolute Gasteiger partial charge is 0.211 e. The topological polar surface area (TPSA) is 46.6 Å². The van der Waals surface area contributed by atoms with Crippen molar-refractivity contribution in [2.45, 2.75) is 54.6 Å². The van der Waals surface area contributed by atoms with Crippen molar-refractivity contribution >= 4 is 21.8 Å². The number of hydrogen-bond acceptors (Lipinski definition) is 4. The second-order valence-electron chi connectivity index (χ2n) is 10.8. The highest BCUT2D eigenvalue weighted by Gasteiger charge is 2.45. The van der Waals surface area contributed by atoms with Crippen LogP contribution in [0.4, 0.5) is 0 Å². The highest BCUT2D eigenvalue weighted by atomic mass is 32.2. The lowest BCUT2D eigenvalue weighted by Gasteiger charge is -2.37. The van der Waals surface area contributed by atoms with Crippen LogP contribution in [-0.2, 0) is 19.5 Å². The van der Waals surface area contributed by atoms with Gasteiger partial charge in [0.05, 0.1) is 17.6 Å². The van der Waals surface area contributed by atoms with Crippen LogP contribution >= 0.6 is 11.8 Å². The lowest BCUT2D eigenvalue weighted by molar-refractivity contribution is 0.0614. The number of rotatable bonds is 10. The van der Waals surface area contributed by atoms with Crippen molar-refractivity contribution in [3.8, 4) is 0 Å². The van der Waals surface area contributed by atoms with Crippen molar-refractivity contribution in [2.24, 2.45) is 5.92 Å². The maximum atomic E-state index is 12.9. The zero-order valence-electron chi connectivity index (χ0n) is 22.2. The molecule has 0 aromatic heterocycles. The minimum absolute atomic E-state index is 0.119. The Morgan fingerprint density at radius 2 is 1.29 bits per heavy atom. The molecule has 1 aliphatic heterocycles. The summed E-state index contributed by atoms with van der Waals surface area (Å²) in [6.45, 7) is 1.71. The number of thioether (sulfide) groups is 1. The third-order valence-corrected chi connectivity index (χ3v) is 11.1. The van der Waals surface area contributed by atoms with Gasteiger partial charge in [0.2, 0.25) is 10.0 Å². The van der Waals surface area contributed by atoms with Gasteiger partial charge in [0, 0.05) is 24.4 Å². The van der Waals surface area contributed by atoms with Crippen LogP contribution in [-0.4, -0.2) is 50.0 Å². The molecule has 0 bridgehead atoms. The molecule has 0 radical (unpaired) electrons. The molecule has 3 aromatic rings. The maximum absolute atomic E-state index is 12.9. The molecule has 1 saturated heterocycles. The molecular weight excluding hydrogens is 510 g/mol. The second-order valence-corrected chi connectivity index (χ2v) is 14.2. The number of nitrogens with zero attached hydrogens (tertiary/aromatic N) is 1. The molecular formula is C32H39NO3S2. The van der Waals surface area contributed by atoms with E-state index in [1.807, 2.05) is 11.8 Å². The Hall–Kier alpha value is -2.12. The first-order valence-corrected chi connectivity index (χ1v) is 16.6. The van der Waals surface area contributed by atoms with Crippen LogP contribution in [0.3, 0.4) is 0 Å². The highest BCUT2D eigenvalue weighted by Crippen LogP contribution is 2.52. The van der Waals surface area contributed by atoms with Gasteiger partial charge in [-0.1, -0.05) is 110 Å². The van der Waals surface area contributed by atoms with Crippen LogP contribution < -0.4 is 0 Å². The van der Waals surface area contributed by atoms with Gasteiger partial charge in [0.15, 0.2) is 0 Å². The van der Waals surface area contributed by atoms with Gasteiger partial charge >= 0.3 is 0 Å². The minimum Gasteiger partial charge on any atom is -0.379 e. The van der Waals surface area contributed by atoms with Gasteiger partial charge in [0.25, 0.3) is 0 Å². The van der Waals surface area contributed by atoms with E-state index in [2.05, 4.69) is 91.0 Å². The van der Waals surface area contributed by atoms with Gasteiger partial charge in [-0.05, 0) is 41.9 Å². The molecule has 2 atom stereocenters. The van der Waals surface area contributed by atoms with E-state index >= 15 is 0 Å². The van der Waals surface area contributed by atoms with Crippen molar-refractivity contribution in [3.05, 3.63) is 108 Å². The van der Waals surface area contributed by atoms with Crippen molar-refractivity contribution in [3.63, 3.8) is 0 Å². The van der Waals surface area contributed by atoms with Gasteiger partial charge in [-0.2, -0.15) is 4.31 Å². The van der Waals surface area contributed by atoms with Crippen molar-refractivity contribution < 1.29 is 13.2 Å². The fourth-order valence-corrected chi connectivity index (χ4v) is 9.29. The standard InChI is InChI=1S/C32H39NO3S2/c1-38(34,35)33-23-31(22-30(33)25-36-24-26-14-6-2-7-15-26)37-32(27-16-8-3-9-17-27,28-18-10-4-11-19-28)29-20-12-5-13-21-29/h3-5,8-13,16-21,26,30-31H,2,6-7,14-15,22-25H2,1H3/t30-,31+/m0/s1. The zero-order chi connectivity index (χ0) is 26.4. The molecule has 0 N–H and O–H groups in total. The van der Waals surface area contributed by atoms with Crippen molar-refractivity contribution in [2.75, 3.05) is 26.0 Å². The summed E-state index contributed by atoms with van der Waals surface area (Å²) in [5, 5.41) is 0.119. The SMILES string of the molecule is CS(=O)(=O)N1C[C@H](SC(c2ccccc2)(c2ccccc2)c2ccccc2)C[C@H]1COCC1CCCCC1. The predicted octanol–water partition coefficient (Wildman–Crippen LogP) is 6.71. The molecule has 2 aliphatic rings. The van der Waals surface area contributed by atoms with E-state index in [1.54, 1.807) is 4.31 Å². The molecule has 2 fully saturated rings. The monoisotopic (exact) mass is 549 g/mol. The average molecular weight is 550 g/mol. The summed E-state index contributed by atoms with van der Waals surface area (Å²) >= 11 is 1.88. The highest BCUT2D eigenvalue weighted by molar-refractivity contribution is 8.01. The van der Waals surface area contributed by atoms with E-state index in [1.165, 1.54) is 55.1 Å². The Morgan fingerprint density at radius 1 is 0.789 bits per heavy atom. The zero-order valence-corrected chi connectivity index (χ0v) is 23.9. The summed E-state index contributed by atoms with van der Waals surface area (Å²) < 4.78 is 33.2. The Morgan fingerprint density at radius 3 is 1.76 bits per heavy atom. The third kappa shape index (κ3) is 6.20. The predicted molar refractivity (Wildman–Crippen MR) is 158 cm³/mol. The first-order valence-electron chi connectivity index (χ1n) is 13.9. The van der Waals surface area contributed by atoms with E-state index in [0.29, 0.717) is 19.1 Å². The number of sulfonamides is 1. The number of ether oxygens (including phenoxy) is 1. The molecule has 4 nitrogen and oxygen atoms in total. The quantitative estimate of drug-likeness (QED) is 0.264. The first kappa shape index (κ1) is 27.4. The van der Waals surface area contributed by atoms with Gasteiger partial charge in [-0.3, -0.25) is 0 Å². The molecule has 5 rings (SSSR count). The lowest BCUT2D eigenvalue weighted by atomic mass is 9.84. The lowest BCUT2D eigenvalue weighted by Crippen LogP contribution is -2.38. The van der Waals surface area contributed by atoms with Crippen molar-refractivity contribution in [1.82, 2.24) is 4.31 Å². The molecule has 1 saturated carbocycles. The normalized spacial score (nSPS) is 21.5. The van der Waals surface area contributed by atoms with Crippen molar-refractivity contribution in [1.29, 1.82) is 0 Å². The molecule has 6 heteroatoms. The van der Waals surface area contributed by atoms with Gasteiger partial charge in [0.1, 0.15) is 0 Å². The molecule has 1 heterocycles. The van der Waals surface area contributed by atoms with E-state index in [9.17, 15) is 8.42 Å². The van der Waals surface area contributed by atoms with Crippen LogP contribution in [0, 0.1) is 5.92 Å². The summed E-state index contributed by atoms with van der Waals surface area (Å²) in [7, 11) is -3.35. The minimum atomic E-state index is -3.35. The van der Waals surface area contributed by atoms with E-state index < -0.39 is 14.8 Å². The molecule has 3 aromatic carbocycles. The van der Waals surface area contributed by atoms with Crippen LogP contribution in [0.25, 0.3) is 0 Å². The maximum Gasteiger partial charge on any atom is 0.211 e. The third-order valence-electron chi connectivity index (χ3n) is 8.02. The summed E-state index contributed by atoms with van der Waals surface area (Å²) in [6.07, 6.45) is 8.47. The van der Waals surface area contributed by atoms with Crippen LogP contribution in [0.15, 0.2) is 91.0 Å². The average Bonchev–Trinajstić information content (AvgIpc) is 3.37. The molecule has 1 aliphatic carbocycles. The largest absolute Gasteiger partial charge is 0.379 e. The Balaban J connectivity index is 1.45. The fourth-order valence-electron chi connectivity index (χ4n) is 6.19. The number of hydrogen-bond donors (Lipinski definition) is 0. The molecule has 0 unspecified atom stereocenters. The Labute approximate surface area is 232 Å². The summed E-state index contributed by atoms with van der Waals surface area (Å²) in [5.74, 6) is 0.615. The van der Waals surface area contributed by atoms with Crippen LogP contribution in [0.1, 0.15) is 55.2 Å². The summed E-state index contributed by atoms with van der Waals surface area (Å²) in [4.78, 5) is 0. The number of benzene rings is 3. The first-order chi connectivity index (χ1) is 18.5. The molecule has 202 valence electrons. The molecule has 0 spiro atoms. The Kier molecular flexibility index (Phi) is 8.94. The van der Waals surface area contributed by atoms with E-state index in [0.717, 1.165) is 13.0 Å². The van der Waals surface area contributed by atoms with Gasteiger partial charge in [-0.25, -0.2) is 8.42 Å². The van der Waals surface area contributed by atoms with Gasteiger partial charge < -0.3 is 4.74 Å². The molecule has 0 amide bonds. The second kappa shape index (κ2) is 12.4. The van der Waals surface area contributed by atoms with Gasteiger partial charge in [-0.15, -0.1) is 11.8 Å².